The van der Waals surface area contributed by atoms with Gasteiger partial charge in [0.25, 0.3) is 11.1 Å². The Hall–Kier alpha value is -1.36. The lowest BCUT2D eigenvalue weighted by atomic mass is 10.2. The number of nitrogens with one attached hydrogen (secondary N) is 1. The highest BCUT2D eigenvalue weighted by Gasteiger charge is 2.07. The number of aromatic amines is 1. The van der Waals surface area contributed by atoms with Crippen molar-refractivity contribution < 1.29 is 5.11 Å². The molecule has 0 fully saturated rings. The van der Waals surface area contributed by atoms with Crippen LogP contribution in [-0.4, -0.2) is 21.0 Å². The van der Waals surface area contributed by atoms with Crippen LogP contribution in [-0.2, 0) is 6.54 Å². The van der Waals surface area contributed by atoms with Gasteiger partial charge in [0.05, 0.1) is 6.10 Å². The van der Waals surface area contributed by atoms with Crippen LogP contribution in [0.4, 0.5) is 0 Å². The minimum absolute atomic E-state index is 0.201. The molecule has 0 aliphatic heterocycles. The fourth-order valence-electron chi connectivity index (χ4n) is 1.26. The number of hydrogen-bond acceptors (Lipinski definition) is 3. The largest absolute Gasteiger partial charge is 0.393 e. The highest BCUT2D eigenvalue weighted by molar-refractivity contribution is 5.17. The summed E-state index contributed by atoms with van der Waals surface area (Å²) >= 11 is 0. The average Bonchev–Trinajstić information content (AvgIpc) is 2.18. The molecule has 0 aliphatic rings. The smallest absolute Gasteiger partial charge is 0.268 e. The average molecular weight is 212 g/mol. The number of rotatable bonds is 3. The molecule has 0 spiro atoms. The first kappa shape index (κ1) is 11.7. The zero-order chi connectivity index (χ0) is 11.6. The maximum absolute atomic E-state index is 11.7. The van der Waals surface area contributed by atoms with E-state index in [4.69, 9.17) is 5.11 Å². The first-order chi connectivity index (χ1) is 6.93. The van der Waals surface area contributed by atoms with E-state index in [0.717, 1.165) is 0 Å². The molecule has 5 nitrogen and oxygen atoms in total. The Morgan fingerprint density at radius 2 is 1.93 bits per heavy atom. The maximum atomic E-state index is 11.7. The number of aromatic nitrogens is 2. The van der Waals surface area contributed by atoms with E-state index >= 15 is 0 Å². The molecular formula is C10H16N2O3. The Balaban J connectivity index is 3.10. The fourth-order valence-corrected chi connectivity index (χ4v) is 1.26. The van der Waals surface area contributed by atoms with Gasteiger partial charge >= 0.3 is 0 Å². The molecule has 1 aromatic heterocycles. The molecule has 0 saturated carbocycles. The molecule has 0 aliphatic carbocycles. The molecule has 2 N–H and O–H groups in total. The Labute approximate surface area is 87.4 Å². The molecule has 1 atom stereocenters. The van der Waals surface area contributed by atoms with Crippen LogP contribution in [0.3, 0.4) is 0 Å². The van der Waals surface area contributed by atoms with Crippen molar-refractivity contribution in [2.24, 2.45) is 0 Å². The fraction of sp³-hybridized carbons (Fsp3) is 0.600. The van der Waals surface area contributed by atoms with Gasteiger partial charge in [0, 0.05) is 17.7 Å². The molecule has 1 rings (SSSR count). The Bertz CT molecular complexity index is 457. The van der Waals surface area contributed by atoms with Crippen LogP contribution in [0.5, 0.6) is 0 Å². The van der Waals surface area contributed by atoms with Crippen LogP contribution in [0.2, 0.25) is 0 Å². The highest BCUT2D eigenvalue weighted by atomic mass is 16.3. The summed E-state index contributed by atoms with van der Waals surface area (Å²) in [6.07, 6.45) is -0.0414. The van der Waals surface area contributed by atoms with E-state index in [9.17, 15) is 9.59 Å². The van der Waals surface area contributed by atoms with Crippen molar-refractivity contribution in [3.05, 3.63) is 31.8 Å². The number of aryl methyl sites for hydroxylation is 1. The summed E-state index contributed by atoms with van der Waals surface area (Å²) in [5, 5.41) is 11.6. The van der Waals surface area contributed by atoms with E-state index in [1.54, 1.807) is 20.8 Å². The number of aliphatic hydroxyl groups is 1. The van der Waals surface area contributed by atoms with Crippen LogP contribution < -0.4 is 11.1 Å². The quantitative estimate of drug-likeness (QED) is 0.736. The molecule has 1 unspecified atom stereocenters. The van der Waals surface area contributed by atoms with Crippen molar-refractivity contribution in [3.8, 4) is 0 Å². The van der Waals surface area contributed by atoms with Gasteiger partial charge in [0.1, 0.15) is 0 Å². The van der Waals surface area contributed by atoms with E-state index < -0.39 is 6.10 Å². The van der Waals surface area contributed by atoms with Crippen molar-refractivity contribution in [3.63, 3.8) is 0 Å². The van der Waals surface area contributed by atoms with Crippen molar-refractivity contribution in [1.29, 1.82) is 0 Å². The van der Waals surface area contributed by atoms with E-state index in [2.05, 4.69) is 5.10 Å². The van der Waals surface area contributed by atoms with Gasteiger partial charge in [-0.05, 0) is 27.2 Å². The number of hydrogen-bond donors (Lipinski definition) is 2. The lowest BCUT2D eigenvalue weighted by Crippen LogP contribution is -2.33. The second kappa shape index (κ2) is 4.44. The predicted molar refractivity (Wildman–Crippen MR) is 57.1 cm³/mol. The molecule has 0 radical (unpaired) electrons. The van der Waals surface area contributed by atoms with Gasteiger partial charge in [0.2, 0.25) is 0 Å². The molecule has 5 heteroatoms. The third-order valence-corrected chi connectivity index (χ3v) is 2.48. The summed E-state index contributed by atoms with van der Waals surface area (Å²) in [5.74, 6) is 0. The molecule has 1 aromatic rings. The molecule has 1 heterocycles. The van der Waals surface area contributed by atoms with Gasteiger partial charge in [0.15, 0.2) is 0 Å². The third kappa shape index (κ3) is 2.56. The molecule has 0 aromatic carbocycles. The predicted octanol–water partition coefficient (Wildman–Crippen LogP) is -0.0757. The van der Waals surface area contributed by atoms with Gasteiger partial charge in [-0.1, -0.05) is 0 Å². The Kier molecular flexibility index (Phi) is 3.47. The molecule has 0 bridgehead atoms. The van der Waals surface area contributed by atoms with Crippen molar-refractivity contribution in [2.75, 3.05) is 0 Å². The summed E-state index contributed by atoms with van der Waals surface area (Å²) < 4.78 is 1.25. The van der Waals surface area contributed by atoms with Gasteiger partial charge < -0.3 is 5.11 Å². The monoisotopic (exact) mass is 212 g/mol. The van der Waals surface area contributed by atoms with E-state index in [0.29, 0.717) is 24.1 Å². The lowest BCUT2D eigenvalue weighted by Gasteiger charge is -2.09. The zero-order valence-electron chi connectivity index (χ0n) is 9.20. The minimum Gasteiger partial charge on any atom is -0.393 e. The number of nitrogens with zero attached hydrogens (tertiary/aromatic N) is 1. The minimum atomic E-state index is -0.484. The molecule has 0 saturated heterocycles. The normalized spacial score (nSPS) is 12.8. The van der Waals surface area contributed by atoms with Crippen LogP contribution in [0.1, 0.15) is 24.5 Å². The molecule has 15 heavy (non-hydrogen) atoms. The van der Waals surface area contributed by atoms with E-state index in [1.807, 2.05) is 0 Å². The van der Waals surface area contributed by atoms with Crippen molar-refractivity contribution in [2.45, 2.75) is 39.8 Å². The molecular weight excluding hydrogens is 196 g/mol. The standard InChI is InChI=1S/C10H16N2O3/c1-6(13)4-5-12-10(15)8(3)7(2)9(14)11-12/h6,13H,4-5H2,1-3H3,(H,11,14). The van der Waals surface area contributed by atoms with Crippen molar-refractivity contribution in [1.82, 2.24) is 9.78 Å². The SMILES string of the molecule is Cc1c(C)c(=O)n(CCC(C)O)[nH]c1=O. The van der Waals surface area contributed by atoms with Crippen molar-refractivity contribution >= 4 is 0 Å². The van der Waals surface area contributed by atoms with Gasteiger partial charge in [-0.2, -0.15) is 0 Å². The second-order valence-electron chi connectivity index (χ2n) is 3.79. The Morgan fingerprint density at radius 1 is 1.33 bits per heavy atom. The van der Waals surface area contributed by atoms with Crippen LogP contribution >= 0.6 is 0 Å². The van der Waals surface area contributed by atoms with Crippen LogP contribution in [0, 0.1) is 13.8 Å². The zero-order valence-corrected chi connectivity index (χ0v) is 9.20. The molecule has 0 amide bonds. The Morgan fingerprint density at radius 3 is 2.47 bits per heavy atom. The highest BCUT2D eigenvalue weighted by Crippen LogP contribution is 1.94. The van der Waals surface area contributed by atoms with E-state index in [1.165, 1.54) is 4.68 Å². The maximum Gasteiger partial charge on any atom is 0.268 e. The third-order valence-electron chi connectivity index (χ3n) is 2.48. The van der Waals surface area contributed by atoms with Crippen LogP contribution in [0.25, 0.3) is 0 Å². The topological polar surface area (TPSA) is 75.1 Å². The number of aliphatic hydroxyl groups excluding tert-OH is 1. The second-order valence-corrected chi connectivity index (χ2v) is 3.79. The first-order valence-corrected chi connectivity index (χ1v) is 4.92. The summed E-state index contributed by atoms with van der Waals surface area (Å²) in [6, 6.07) is 0. The molecule has 84 valence electrons. The summed E-state index contributed by atoms with van der Waals surface area (Å²) in [7, 11) is 0. The summed E-state index contributed by atoms with van der Waals surface area (Å²) in [5.41, 5.74) is 0.461. The summed E-state index contributed by atoms with van der Waals surface area (Å²) in [4.78, 5) is 23.0. The number of H-pyrrole nitrogens is 1. The lowest BCUT2D eigenvalue weighted by molar-refractivity contribution is 0.175. The van der Waals surface area contributed by atoms with Gasteiger partial charge in [-0.15, -0.1) is 0 Å². The van der Waals surface area contributed by atoms with Gasteiger partial charge in [-0.3, -0.25) is 14.7 Å². The van der Waals surface area contributed by atoms with E-state index in [-0.39, 0.29) is 11.1 Å². The first-order valence-electron chi connectivity index (χ1n) is 4.92. The van der Waals surface area contributed by atoms with Crippen LogP contribution in [0.15, 0.2) is 9.59 Å². The van der Waals surface area contributed by atoms with Gasteiger partial charge in [-0.25, -0.2) is 4.68 Å². The summed E-state index contributed by atoms with van der Waals surface area (Å²) in [6.45, 7) is 5.22.